The van der Waals surface area contributed by atoms with Crippen molar-refractivity contribution in [3.05, 3.63) is 59.2 Å². The second-order valence-corrected chi connectivity index (χ2v) is 6.10. The summed E-state index contributed by atoms with van der Waals surface area (Å²) >= 11 is 0. The molecule has 0 saturated heterocycles. The van der Waals surface area contributed by atoms with Gasteiger partial charge in [0.05, 0.1) is 0 Å². The van der Waals surface area contributed by atoms with Crippen LogP contribution >= 0.6 is 0 Å². The highest BCUT2D eigenvalue weighted by Crippen LogP contribution is 2.46. The summed E-state index contributed by atoms with van der Waals surface area (Å²) < 4.78 is 0. The minimum absolute atomic E-state index is 0.832. The fourth-order valence-electron chi connectivity index (χ4n) is 3.89. The van der Waals surface area contributed by atoms with Crippen LogP contribution in [0.15, 0.2) is 42.5 Å². The molecule has 1 saturated carbocycles. The van der Waals surface area contributed by atoms with Gasteiger partial charge in [-0.2, -0.15) is 0 Å². The van der Waals surface area contributed by atoms with E-state index in [0.29, 0.717) is 0 Å². The number of benzene rings is 2. The predicted molar refractivity (Wildman–Crippen MR) is 80.4 cm³/mol. The van der Waals surface area contributed by atoms with E-state index >= 15 is 0 Å². The summed E-state index contributed by atoms with van der Waals surface area (Å²) in [6.07, 6.45) is 5.29. The maximum Gasteiger partial charge on any atom is -0.00134 e. The van der Waals surface area contributed by atoms with Gasteiger partial charge >= 0.3 is 0 Å². The van der Waals surface area contributed by atoms with Gasteiger partial charge in [-0.05, 0) is 58.9 Å². The van der Waals surface area contributed by atoms with Crippen molar-refractivity contribution in [1.82, 2.24) is 0 Å². The summed E-state index contributed by atoms with van der Waals surface area (Å²) in [5.74, 6) is 1.76. The lowest BCUT2D eigenvalue weighted by atomic mass is 9.68. The molecule has 0 aliphatic heterocycles. The van der Waals surface area contributed by atoms with E-state index in [2.05, 4.69) is 49.4 Å². The van der Waals surface area contributed by atoms with E-state index in [1.807, 2.05) is 0 Å². The lowest BCUT2D eigenvalue weighted by molar-refractivity contribution is 0.247. The first-order valence-electron chi connectivity index (χ1n) is 7.58. The lowest BCUT2D eigenvalue weighted by Gasteiger charge is -2.36. The molecule has 0 radical (unpaired) electrons. The van der Waals surface area contributed by atoms with Crippen LogP contribution in [0.5, 0.6) is 0 Å². The van der Waals surface area contributed by atoms with Crippen molar-refractivity contribution >= 4 is 0 Å². The molecule has 0 aromatic heterocycles. The van der Waals surface area contributed by atoms with Gasteiger partial charge in [0.15, 0.2) is 0 Å². The van der Waals surface area contributed by atoms with Gasteiger partial charge in [-0.15, -0.1) is 0 Å². The summed E-state index contributed by atoms with van der Waals surface area (Å²) in [5.41, 5.74) is 7.54. The summed E-state index contributed by atoms with van der Waals surface area (Å²) in [6, 6.07) is 16.1. The van der Waals surface area contributed by atoms with E-state index < -0.39 is 0 Å². The van der Waals surface area contributed by atoms with Crippen molar-refractivity contribution in [2.75, 3.05) is 0 Å². The van der Waals surface area contributed by atoms with Crippen LogP contribution in [0.2, 0.25) is 0 Å². The Kier molecular flexibility index (Phi) is 2.51. The van der Waals surface area contributed by atoms with Crippen LogP contribution in [0.1, 0.15) is 48.8 Å². The molecule has 0 nitrogen and oxygen atoms in total. The molecular weight excluding hydrogens is 228 g/mol. The average molecular weight is 248 g/mol. The quantitative estimate of drug-likeness (QED) is 0.587. The third-order valence-electron chi connectivity index (χ3n) is 5.19. The second-order valence-electron chi connectivity index (χ2n) is 6.10. The van der Waals surface area contributed by atoms with Crippen LogP contribution in [0.3, 0.4) is 0 Å². The van der Waals surface area contributed by atoms with Crippen LogP contribution in [0, 0.1) is 5.92 Å². The van der Waals surface area contributed by atoms with Crippen LogP contribution < -0.4 is 0 Å². The molecule has 0 bridgehead atoms. The molecule has 96 valence electrons. The Morgan fingerprint density at radius 1 is 0.947 bits per heavy atom. The maximum absolute atomic E-state index is 2.49. The Hall–Kier alpha value is -1.56. The zero-order valence-corrected chi connectivity index (χ0v) is 11.5. The van der Waals surface area contributed by atoms with Crippen molar-refractivity contribution < 1.29 is 0 Å². The number of fused-ring (bicyclic) bond motifs is 3. The Labute approximate surface area is 115 Å². The molecule has 0 heterocycles. The molecule has 2 aliphatic rings. The fourth-order valence-corrected chi connectivity index (χ4v) is 3.89. The zero-order valence-electron chi connectivity index (χ0n) is 11.5. The van der Waals surface area contributed by atoms with Gasteiger partial charge in [0, 0.05) is 0 Å². The van der Waals surface area contributed by atoms with Crippen molar-refractivity contribution in [3.63, 3.8) is 0 Å². The fraction of sp³-hybridized carbons (Fsp3) is 0.368. The molecule has 0 spiro atoms. The standard InChI is InChI=1S/C19H20/c1-2-13-7-9-17(13)15-8-10-19-16(12-15)11-14-5-3-4-6-18(14)19/h3-6,8,10,12-13,17H,2,7,9,11H2,1H3/t13-,17+/m0/s1. The smallest absolute Gasteiger partial charge is 0.00134 e. The Bertz CT molecular complexity index is 622. The van der Waals surface area contributed by atoms with E-state index in [0.717, 1.165) is 18.3 Å². The Balaban J connectivity index is 1.72. The van der Waals surface area contributed by atoms with E-state index in [-0.39, 0.29) is 0 Å². The molecule has 2 aromatic rings. The van der Waals surface area contributed by atoms with Crippen molar-refractivity contribution in [2.24, 2.45) is 5.92 Å². The lowest BCUT2D eigenvalue weighted by Crippen LogP contribution is -2.23. The largest absolute Gasteiger partial charge is 0.0651 e. The second kappa shape index (κ2) is 4.23. The molecule has 0 amide bonds. The van der Waals surface area contributed by atoms with Gasteiger partial charge in [0.25, 0.3) is 0 Å². The first kappa shape index (κ1) is 11.3. The molecule has 1 fully saturated rings. The molecule has 2 aromatic carbocycles. The average Bonchev–Trinajstić information content (AvgIpc) is 2.75. The molecule has 19 heavy (non-hydrogen) atoms. The van der Waals surface area contributed by atoms with E-state index in [9.17, 15) is 0 Å². The minimum atomic E-state index is 0.832. The van der Waals surface area contributed by atoms with Crippen LogP contribution in [0.25, 0.3) is 11.1 Å². The molecule has 2 aliphatic carbocycles. The third-order valence-corrected chi connectivity index (χ3v) is 5.19. The van der Waals surface area contributed by atoms with Crippen molar-refractivity contribution in [3.8, 4) is 11.1 Å². The molecule has 0 N–H and O–H groups in total. The highest BCUT2D eigenvalue weighted by molar-refractivity contribution is 5.77. The van der Waals surface area contributed by atoms with Gasteiger partial charge in [0.2, 0.25) is 0 Å². The minimum Gasteiger partial charge on any atom is -0.0651 e. The highest BCUT2D eigenvalue weighted by atomic mass is 14.4. The highest BCUT2D eigenvalue weighted by Gasteiger charge is 2.31. The molecule has 0 heteroatoms. The van der Waals surface area contributed by atoms with Crippen LogP contribution in [-0.4, -0.2) is 0 Å². The van der Waals surface area contributed by atoms with Gasteiger partial charge in [0.1, 0.15) is 0 Å². The topological polar surface area (TPSA) is 0 Å². The van der Waals surface area contributed by atoms with Gasteiger partial charge in [-0.3, -0.25) is 0 Å². The third kappa shape index (κ3) is 1.66. The summed E-state index contributed by atoms with van der Waals surface area (Å²) in [5, 5.41) is 0. The normalized spacial score (nSPS) is 23.6. The molecule has 4 rings (SSSR count). The van der Waals surface area contributed by atoms with E-state index in [4.69, 9.17) is 0 Å². The molecular formula is C19H20. The van der Waals surface area contributed by atoms with E-state index in [1.165, 1.54) is 36.0 Å². The molecule has 2 atom stereocenters. The van der Waals surface area contributed by atoms with Crippen LogP contribution in [-0.2, 0) is 6.42 Å². The summed E-state index contributed by atoms with van der Waals surface area (Å²) in [6.45, 7) is 2.33. The monoisotopic (exact) mass is 248 g/mol. The Morgan fingerprint density at radius 3 is 2.58 bits per heavy atom. The number of hydrogen-bond acceptors (Lipinski definition) is 0. The predicted octanol–water partition coefficient (Wildman–Crippen LogP) is 5.16. The summed E-state index contributed by atoms with van der Waals surface area (Å²) in [4.78, 5) is 0. The van der Waals surface area contributed by atoms with Gasteiger partial charge < -0.3 is 0 Å². The van der Waals surface area contributed by atoms with Crippen molar-refractivity contribution in [2.45, 2.75) is 38.5 Å². The first-order chi connectivity index (χ1) is 9.36. The first-order valence-corrected chi connectivity index (χ1v) is 7.58. The van der Waals surface area contributed by atoms with Gasteiger partial charge in [-0.25, -0.2) is 0 Å². The zero-order chi connectivity index (χ0) is 12.8. The summed E-state index contributed by atoms with van der Waals surface area (Å²) in [7, 11) is 0. The number of hydrogen-bond donors (Lipinski definition) is 0. The van der Waals surface area contributed by atoms with Crippen LogP contribution in [0.4, 0.5) is 0 Å². The SMILES string of the molecule is CC[C@H]1CC[C@H]1c1ccc2c(c1)Cc1ccccc1-2. The number of rotatable bonds is 2. The Morgan fingerprint density at radius 2 is 1.79 bits per heavy atom. The molecule has 0 unspecified atom stereocenters. The van der Waals surface area contributed by atoms with E-state index in [1.54, 1.807) is 11.1 Å². The van der Waals surface area contributed by atoms with Gasteiger partial charge in [-0.1, -0.05) is 55.8 Å². The van der Waals surface area contributed by atoms with Crippen molar-refractivity contribution in [1.29, 1.82) is 0 Å². The maximum atomic E-state index is 2.49.